The molecule has 4 rings (SSSR count). The number of halogens is 2. The third-order valence-electron chi connectivity index (χ3n) is 5.40. The van der Waals surface area contributed by atoms with Gasteiger partial charge in [0.25, 0.3) is 0 Å². The number of nitrogens with one attached hydrogen (secondary N) is 1. The van der Waals surface area contributed by atoms with Crippen LogP contribution in [0.15, 0.2) is 18.3 Å². The minimum atomic E-state index is -0.369. The first-order valence-corrected chi connectivity index (χ1v) is 10.3. The maximum absolute atomic E-state index is 14.8. The zero-order valence-electron chi connectivity index (χ0n) is 16.5. The molecule has 1 aliphatic rings. The summed E-state index contributed by atoms with van der Waals surface area (Å²) in [5, 5.41) is 3.81. The number of benzene rings is 1. The summed E-state index contributed by atoms with van der Waals surface area (Å²) < 4.78 is 16.8. The van der Waals surface area contributed by atoms with Crippen molar-refractivity contribution in [1.29, 1.82) is 0 Å². The van der Waals surface area contributed by atoms with Crippen molar-refractivity contribution in [2.45, 2.75) is 65.0 Å². The molecule has 2 heterocycles. The molecule has 5 nitrogen and oxygen atoms in total. The van der Waals surface area contributed by atoms with E-state index in [1.807, 2.05) is 17.6 Å². The average molecular weight is 402 g/mol. The number of anilines is 1. The molecule has 1 aromatic carbocycles. The molecule has 148 valence electrons. The van der Waals surface area contributed by atoms with E-state index in [-0.39, 0.29) is 11.9 Å². The summed E-state index contributed by atoms with van der Waals surface area (Å²) in [5.74, 6) is 0.960. The van der Waals surface area contributed by atoms with E-state index in [9.17, 15) is 4.39 Å². The summed E-state index contributed by atoms with van der Waals surface area (Å²) in [6.45, 7) is 6.01. The van der Waals surface area contributed by atoms with Crippen LogP contribution in [0.2, 0.25) is 5.02 Å². The molecule has 0 aliphatic heterocycles. The van der Waals surface area contributed by atoms with Crippen molar-refractivity contribution in [3.05, 3.63) is 35.0 Å². The van der Waals surface area contributed by atoms with Gasteiger partial charge in [0.2, 0.25) is 5.95 Å². The van der Waals surface area contributed by atoms with Gasteiger partial charge in [-0.05, 0) is 45.7 Å². The van der Waals surface area contributed by atoms with Crippen molar-refractivity contribution >= 4 is 28.6 Å². The van der Waals surface area contributed by atoms with E-state index in [2.05, 4.69) is 34.1 Å². The molecular weight excluding hydrogens is 377 g/mol. The van der Waals surface area contributed by atoms with Crippen LogP contribution in [0, 0.1) is 12.7 Å². The Kier molecular flexibility index (Phi) is 5.23. The van der Waals surface area contributed by atoms with Gasteiger partial charge in [-0.25, -0.2) is 19.3 Å². The summed E-state index contributed by atoms with van der Waals surface area (Å²) in [7, 11) is 0. The van der Waals surface area contributed by atoms with Crippen LogP contribution in [-0.2, 0) is 0 Å². The van der Waals surface area contributed by atoms with Crippen LogP contribution < -0.4 is 5.32 Å². The van der Waals surface area contributed by atoms with Gasteiger partial charge in [-0.3, -0.25) is 0 Å². The summed E-state index contributed by atoms with van der Waals surface area (Å²) in [4.78, 5) is 13.3. The maximum Gasteiger partial charge on any atom is 0.223 e. The molecule has 2 aromatic heterocycles. The van der Waals surface area contributed by atoms with Crippen molar-refractivity contribution < 1.29 is 4.39 Å². The highest BCUT2D eigenvalue weighted by Gasteiger charge is 2.19. The molecule has 1 fully saturated rings. The Bertz CT molecular complexity index is 1010. The Morgan fingerprint density at radius 1 is 1.18 bits per heavy atom. The first kappa shape index (κ1) is 19.1. The van der Waals surface area contributed by atoms with Crippen molar-refractivity contribution in [3.63, 3.8) is 0 Å². The van der Waals surface area contributed by atoms with Crippen LogP contribution in [-0.4, -0.2) is 25.6 Å². The standard InChI is InChI=1S/C21H25ClFN5/c1-12(2)28-13(3)25-20-17(23)9-14(10-18(20)28)19-16(22)11-24-21(27-19)26-15-7-5-4-6-8-15/h9-12,15H,4-8H2,1-3H3,(H,24,26,27). The van der Waals surface area contributed by atoms with E-state index in [0.717, 1.165) is 24.2 Å². The van der Waals surface area contributed by atoms with Crippen molar-refractivity contribution in [2.75, 3.05) is 5.32 Å². The second-order valence-corrected chi connectivity index (χ2v) is 8.23. The van der Waals surface area contributed by atoms with E-state index < -0.39 is 0 Å². The van der Waals surface area contributed by atoms with Gasteiger partial charge in [-0.15, -0.1) is 0 Å². The number of nitrogens with zero attached hydrogens (tertiary/aromatic N) is 4. The van der Waals surface area contributed by atoms with Crippen molar-refractivity contribution in [3.8, 4) is 11.3 Å². The smallest absolute Gasteiger partial charge is 0.223 e. The topological polar surface area (TPSA) is 55.6 Å². The van der Waals surface area contributed by atoms with Crippen LogP contribution in [0.3, 0.4) is 0 Å². The highest BCUT2D eigenvalue weighted by molar-refractivity contribution is 6.33. The number of aromatic nitrogens is 4. The lowest BCUT2D eigenvalue weighted by Gasteiger charge is -2.22. The van der Waals surface area contributed by atoms with E-state index in [0.29, 0.717) is 33.8 Å². The molecule has 3 aromatic rings. The highest BCUT2D eigenvalue weighted by atomic mass is 35.5. The van der Waals surface area contributed by atoms with Crippen LogP contribution in [0.4, 0.5) is 10.3 Å². The monoisotopic (exact) mass is 401 g/mol. The number of aryl methyl sites for hydroxylation is 1. The summed E-state index contributed by atoms with van der Waals surface area (Å²) in [6.07, 6.45) is 7.55. The van der Waals surface area contributed by atoms with Gasteiger partial charge in [0.1, 0.15) is 11.3 Å². The molecule has 1 aliphatic carbocycles. The molecule has 7 heteroatoms. The zero-order chi connectivity index (χ0) is 19.8. The first-order valence-electron chi connectivity index (χ1n) is 9.91. The van der Waals surface area contributed by atoms with Gasteiger partial charge >= 0.3 is 0 Å². The molecule has 0 unspecified atom stereocenters. The SMILES string of the molecule is Cc1nc2c(F)cc(-c3nc(NC4CCCCC4)ncc3Cl)cc2n1C(C)C. The summed E-state index contributed by atoms with van der Waals surface area (Å²) in [6, 6.07) is 3.92. The van der Waals surface area contributed by atoms with Gasteiger partial charge in [-0.1, -0.05) is 30.9 Å². The summed E-state index contributed by atoms with van der Waals surface area (Å²) in [5.41, 5.74) is 2.29. The molecule has 0 bridgehead atoms. The second kappa shape index (κ2) is 7.66. The van der Waals surface area contributed by atoms with Gasteiger partial charge in [-0.2, -0.15) is 0 Å². The number of rotatable bonds is 4. The molecule has 28 heavy (non-hydrogen) atoms. The third-order valence-corrected chi connectivity index (χ3v) is 5.67. The number of fused-ring (bicyclic) bond motifs is 1. The van der Waals surface area contributed by atoms with Crippen LogP contribution in [0.5, 0.6) is 0 Å². The second-order valence-electron chi connectivity index (χ2n) is 7.82. The van der Waals surface area contributed by atoms with E-state index in [4.69, 9.17) is 11.6 Å². The molecule has 0 atom stereocenters. The molecule has 0 amide bonds. The predicted molar refractivity (Wildman–Crippen MR) is 111 cm³/mol. The van der Waals surface area contributed by atoms with E-state index in [1.165, 1.54) is 25.3 Å². The lowest BCUT2D eigenvalue weighted by atomic mass is 9.96. The molecule has 0 radical (unpaired) electrons. The van der Waals surface area contributed by atoms with Crippen molar-refractivity contribution in [1.82, 2.24) is 19.5 Å². The lowest BCUT2D eigenvalue weighted by Crippen LogP contribution is -2.23. The van der Waals surface area contributed by atoms with Gasteiger partial charge < -0.3 is 9.88 Å². The molecule has 0 spiro atoms. The normalized spacial score (nSPS) is 15.5. The Labute approximate surface area is 169 Å². The first-order chi connectivity index (χ1) is 13.4. The maximum atomic E-state index is 14.8. The van der Waals surface area contributed by atoms with Crippen LogP contribution in [0.25, 0.3) is 22.3 Å². The van der Waals surface area contributed by atoms with E-state index in [1.54, 1.807) is 6.20 Å². The number of imidazole rings is 1. The third kappa shape index (κ3) is 3.58. The quantitative estimate of drug-likeness (QED) is 0.589. The summed E-state index contributed by atoms with van der Waals surface area (Å²) >= 11 is 6.39. The highest BCUT2D eigenvalue weighted by Crippen LogP contribution is 2.32. The number of hydrogen-bond acceptors (Lipinski definition) is 4. The minimum absolute atomic E-state index is 0.170. The fraction of sp³-hybridized carbons (Fsp3) is 0.476. The molecular formula is C21H25ClFN5. The van der Waals surface area contributed by atoms with Crippen LogP contribution in [0.1, 0.15) is 57.8 Å². The Balaban J connectivity index is 1.76. The Morgan fingerprint density at radius 2 is 1.93 bits per heavy atom. The Hall–Kier alpha value is -2.21. The molecule has 1 saturated carbocycles. The average Bonchev–Trinajstić information content (AvgIpc) is 3.01. The van der Waals surface area contributed by atoms with Gasteiger partial charge in [0, 0.05) is 17.6 Å². The van der Waals surface area contributed by atoms with Gasteiger partial charge in [0.15, 0.2) is 5.82 Å². The fourth-order valence-electron chi connectivity index (χ4n) is 4.13. The largest absolute Gasteiger partial charge is 0.351 e. The van der Waals surface area contributed by atoms with Gasteiger partial charge in [0.05, 0.1) is 22.4 Å². The lowest BCUT2D eigenvalue weighted by molar-refractivity contribution is 0.461. The minimum Gasteiger partial charge on any atom is -0.351 e. The molecule has 1 N–H and O–H groups in total. The van der Waals surface area contributed by atoms with Crippen molar-refractivity contribution in [2.24, 2.45) is 0 Å². The molecule has 0 saturated heterocycles. The fourth-order valence-corrected chi connectivity index (χ4v) is 4.33. The zero-order valence-corrected chi connectivity index (χ0v) is 17.2. The van der Waals surface area contributed by atoms with E-state index >= 15 is 0 Å². The van der Waals surface area contributed by atoms with Crippen LogP contribution >= 0.6 is 11.6 Å². The number of hydrogen-bond donors (Lipinski definition) is 1. The predicted octanol–water partition coefficient (Wildman–Crippen LogP) is 5.92. The Morgan fingerprint density at radius 3 is 2.64 bits per heavy atom.